The van der Waals surface area contributed by atoms with Gasteiger partial charge in [-0.05, 0) is 35.7 Å². The number of halogens is 2. The maximum atomic E-state index is 14.9. The van der Waals surface area contributed by atoms with Crippen LogP contribution in [0.1, 0.15) is 39.9 Å². The number of imide groups is 1. The van der Waals surface area contributed by atoms with Crippen LogP contribution in [0.5, 0.6) is 5.75 Å². The monoisotopic (exact) mass is 544 g/mol. The molecule has 2 aliphatic rings. The number of nitrogens with zero attached hydrogens (tertiary/aromatic N) is 2. The van der Waals surface area contributed by atoms with Crippen LogP contribution in [0.4, 0.5) is 13.6 Å². The topological polar surface area (TPSA) is 145 Å². The summed E-state index contributed by atoms with van der Waals surface area (Å²) in [6, 6.07) is 8.71. The molecule has 2 aromatic carbocycles. The largest absolute Gasteiger partial charge is 0.492 e. The molecule has 4 rings (SSSR count). The van der Waals surface area contributed by atoms with Crippen LogP contribution in [0.2, 0.25) is 0 Å². The Bertz CT molecular complexity index is 1330. The third-order valence-corrected chi connectivity index (χ3v) is 6.54. The molecule has 1 saturated heterocycles. The Hall–Kier alpha value is -4.55. The van der Waals surface area contributed by atoms with E-state index >= 15 is 0 Å². The van der Waals surface area contributed by atoms with Crippen LogP contribution in [-0.2, 0) is 33.4 Å². The smallest absolute Gasteiger partial charge is 0.407 e. The molecule has 0 bridgehead atoms. The molecule has 0 aliphatic carbocycles. The van der Waals surface area contributed by atoms with Gasteiger partial charge in [-0.1, -0.05) is 24.3 Å². The summed E-state index contributed by atoms with van der Waals surface area (Å²) in [5.74, 6) is -6.65. The fraction of sp³-hybridized carbons (Fsp3) is 0.346. The molecular formula is C26H26F2N4O7. The molecular weight excluding hydrogens is 518 g/mol. The number of hydrogen-bond donors (Lipinski definition) is 3. The summed E-state index contributed by atoms with van der Waals surface area (Å²) >= 11 is 0. The average Bonchev–Trinajstić information content (AvgIpc) is 3.22. The van der Waals surface area contributed by atoms with Gasteiger partial charge >= 0.3 is 12.0 Å². The summed E-state index contributed by atoms with van der Waals surface area (Å²) in [4.78, 5) is 62.0. The average molecular weight is 545 g/mol. The van der Waals surface area contributed by atoms with Crippen molar-refractivity contribution in [2.24, 2.45) is 0 Å². The van der Waals surface area contributed by atoms with Gasteiger partial charge in [0.25, 0.3) is 11.8 Å². The van der Waals surface area contributed by atoms with Gasteiger partial charge in [-0.25, -0.2) is 4.79 Å². The minimum Gasteiger partial charge on any atom is -0.492 e. The van der Waals surface area contributed by atoms with Crippen LogP contribution in [0, 0.1) is 0 Å². The molecule has 0 aromatic heterocycles. The van der Waals surface area contributed by atoms with Crippen LogP contribution < -0.4 is 15.4 Å². The number of ether oxygens (including phenoxy) is 1. The normalized spacial score (nSPS) is 16.9. The minimum absolute atomic E-state index is 0.0219. The molecule has 1 atom stereocenters. The molecule has 11 nitrogen and oxygen atoms in total. The van der Waals surface area contributed by atoms with Gasteiger partial charge in [-0.15, -0.1) is 0 Å². The van der Waals surface area contributed by atoms with E-state index in [-0.39, 0.29) is 50.7 Å². The number of fused-ring (bicyclic) bond motifs is 1. The number of piperidine rings is 1. The lowest BCUT2D eigenvalue weighted by molar-refractivity contribution is -0.147. The van der Waals surface area contributed by atoms with Crippen molar-refractivity contribution in [1.82, 2.24) is 20.4 Å². The Balaban J connectivity index is 1.36. The van der Waals surface area contributed by atoms with Crippen LogP contribution in [0.25, 0.3) is 0 Å². The summed E-state index contributed by atoms with van der Waals surface area (Å²) in [7, 11) is 1.34. The van der Waals surface area contributed by atoms with E-state index in [4.69, 9.17) is 9.84 Å². The zero-order chi connectivity index (χ0) is 28.3. The molecule has 39 heavy (non-hydrogen) atoms. The lowest BCUT2D eigenvalue weighted by Gasteiger charge is -2.29. The first-order chi connectivity index (χ1) is 18.5. The highest BCUT2D eigenvalue weighted by Gasteiger charge is 2.41. The molecule has 2 aliphatic heterocycles. The fourth-order valence-electron chi connectivity index (χ4n) is 4.34. The number of likely N-dealkylation sites (N-methyl/N-ethyl adjacent to an activating group) is 1. The second-order valence-corrected chi connectivity index (χ2v) is 9.23. The predicted molar refractivity (Wildman–Crippen MR) is 131 cm³/mol. The van der Waals surface area contributed by atoms with Gasteiger partial charge in [0, 0.05) is 37.7 Å². The zero-order valence-corrected chi connectivity index (χ0v) is 20.9. The maximum absolute atomic E-state index is 14.9. The summed E-state index contributed by atoms with van der Waals surface area (Å²) in [5, 5.41) is 13.3. The number of carbonyl (C=O) groups excluding carboxylic acids is 4. The van der Waals surface area contributed by atoms with Gasteiger partial charge in [-0.2, -0.15) is 8.78 Å². The Morgan fingerprint density at radius 2 is 1.97 bits per heavy atom. The second-order valence-electron chi connectivity index (χ2n) is 9.23. The molecule has 3 N–H and O–H groups in total. The summed E-state index contributed by atoms with van der Waals surface area (Å²) < 4.78 is 35.2. The lowest BCUT2D eigenvalue weighted by atomic mass is 10.0. The van der Waals surface area contributed by atoms with Gasteiger partial charge in [0.05, 0.1) is 6.54 Å². The third-order valence-electron chi connectivity index (χ3n) is 6.54. The highest BCUT2D eigenvalue weighted by Crippen LogP contribution is 2.31. The van der Waals surface area contributed by atoms with E-state index in [1.54, 1.807) is 6.07 Å². The Morgan fingerprint density at radius 3 is 2.69 bits per heavy atom. The van der Waals surface area contributed by atoms with Crippen molar-refractivity contribution in [2.45, 2.75) is 37.9 Å². The van der Waals surface area contributed by atoms with Gasteiger partial charge < -0.3 is 25.0 Å². The molecule has 206 valence electrons. The zero-order valence-electron chi connectivity index (χ0n) is 20.9. The quantitative estimate of drug-likeness (QED) is 0.409. The number of rotatable bonds is 9. The Kier molecular flexibility index (Phi) is 7.79. The van der Waals surface area contributed by atoms with Crippen molar-refractivity contribution in [3.63, 3.8) is 0 Å². The molecule has 0 spiro atoms. The van der Waals surface area contributed by atoms with Crippen LogP contribution >= 0.6 is 0 Å². The molecule has 2 aromatic rings. The summed E-state index contributed by atoms with van der Waals surface area (Å²) in [6.45, 7) is -0.153. The van der Waals surface area contributed by atoms with Crippen LogP contribution in [-0.4, -0.2) is 70.9 Å². The Morgan fingerprint density at radius 1 is 1.21 bits per heavy atom. The highest BCUT2D eigenvalue weighted by atomic mass is 19.3. The van der Waals surface area contributed by atoms with E-state index in [1.165, 1.54) is 36.2 Å². The summed E-state index contributed by atoms with van der Waals surface area (Å²) in [6.07, 6.45) is -0.815. The first-order valence-electron chi connectivity index (χ1n) is 12.1. The highest BCUT2D eigenvalue weighted by molar-refractivity contribution is 6.05. The molecule has 0 saturated carbocycles. The van der Waals surface area contributed by atoms with Gasteiger partial charge in [0.1, 0.15) is 18.4 Å². The van der Waals surface area contributed by atoms with E-state index in [0.717, 1.165) is 17.0 Å². The third kappa shape index (κ3) is 5.97. The maximum Gasteiger partial charge on any atom is 0.407 e. The first kappa shape index (κ1) is 27.5. The number of amides is 5. The molecule has 5 amide bonds. The number of hydrogen-bond acceptors (Lipinski definition) is 6. The second kappa shape index (κ2) is 11.1. The minimum atomic E-state index is -3.88. The number of nitrogens with one attached hydrogen (secondary N) is 2. The van der Waals surface area contributed by atoms with Crippen molar-refractivity contribution in [2.75, 3.05) is 20.2 Å². The van der Waals surface area contributed by atoms with E-state index in [1.807, 2.05) is 0 Å². The predicted octanol–water partition coefficient (Wildman–Crippen LogP) is 1.84. The van der Waals surface area contributed by atoms with E-state index in [0.29, 0.717) is 16.7 Å². The molecule has 2 heterocycles. The van der Waals surface area contributed by atoms with E-state index in [2.05, 4.69) is 10.6 Å². The number of benzene rings is 2. The van der Waals surface area contributed by atoms with Gasteiger partial charge in [0.2, 0.25) is 11.8 Å². The van der Waals surface area contributed by atoms with Gasteiger partial charge in [-0.3, -0.25) is 24.5 Å². The van der Waals surface area contributed by atoms with Crippen LogP contribution in [0.3, 0.4) is 0 Å². The number of carboxylic acid groups (broad SMARTS) is 1. The number of carbonyl (C=O) groups is 5. The molecule has 1 unspecified atom stereocenters. The standard InChI is InChI=1S/C26H26F2N4O7/c1-31(25(37)38)9-10-39-18-4-2-3-17(12-18)26(27,28)24(36)29-13-15-5-6-19-16(11-15)14-32(23(19)35)20-7-8-21(33)30-22(20)34/h2-6,11-12,20H,7-10,13-14H2,1H3,(H,29,36)(H,37,38)(H,30,33,34). The Labute approximate surface area is 221 Å². The molecule has 0 radical (unpaired) electrons. The van der Waals surface area contributed by atoms with Crippen molar-refractivity contribution in [3.8, 4) is 5.75 Å². The van der Waals surface area contributed by atoms with Gasteiger partial charge in [0.15, 0.2) is 0 Å². The lowest BCUT2D eigenvalue weighted by Crippen LogP contribution is -2.52. The molecule has 1 fully saturated rings. The van der Waals surface area contributed by atoms with E-state index < -0.39 is 41.3 Å². The van der Waals surface area contributed by atoms with E-state index in [9.17, 15) is 32.8 Å². The first-order valence-corrected chi connectivity index (χ1v) is 12.1. The SMILES string of the molecule is CN(CCOc1cccc(C(F)(F)C(=O)NCc2ccc3c(c2)CN(C2CCC(=O)NC2=O)C3=O)c1)C(=O)O. The van der Waals surface area contributed by atoms with Crippen molar-refractivity contribution in [3.05, 3.63) is 64.7 Å². The fourth-order valence-corrected chi connectivity index (χ4v) is 4.34. The van der Waals surface area contributed by atoms with Crippen molar-refractivity contribution in [1.29, 1.82) is 0 Å². The molecule has 13 heteroatoms. The van der Waals surface area contributed by atoms with Crippen molar-refractivity contribution >= 4 is 29.7 Å². The van der Waals surface area contributed by atoms with Crippen molar-refractivity contribution < 1.29 is 42.6 Å². The number of alkyl halides is 2. The van der Waals surface area contributed by atoms with Crippen LogP contribution in [0.15, 0.2) is 42.5 Å². The summed E-state index contributed by atoms with van der Waals surface area (Å²) in [5.41, 5.74) is 0.840.